The number of nitrogens with zero attached hydrogens (tertiary/aromatic N) is 6. The molecule has 0 N–H and O–H groups in total. The molecule has 1 unspecified atom stereocenters. The minimum atomic E-state index is -0.455. The van der Waals surface area contributed by atoms with Crippen molar-refractivity contribution in [2.24, 2.45) is 0 Å². The quantitative estimate of drug-likeness (QED) is 0.402. The summed E-state index contributed by atoms with van der Waals surface area (Å²) < 4.78 is 13.8. The van der Waals surface area contributed by atoms with Crippen LogP contribution < -0.4 is 4.74 Å². The van der Waals surface area contributed by atoms with Gasteiger partial charge in [0.2, 0.25) is 5.88 Å². The van der Waals surface area contributed by atoms with Gasteiger partial charge in [0, 0.05) is 11.2 Å². The molecule has 0 amide bonds. The first-order valence-corrected chi connectivity index (χ1v) is 10.2. The van der Waals surface area contributed by atoms with Crippen LogP contribution in [-0.4, -0.2) is 49.2 Å². The van der Waals surface area contributed by atoms with Crippen molar-refractivity contribution in [3.63, 3.8) is 0 Å². The highest BCUT2D eigenvalue weighted by atomic mass is 35.5. The molecular weight excluding hydrogens is 420 g/mol. The van der Waals surface area contributed by atoms with Crippen LogP contribution in [0.3, 0.4) is 0 Å². The third-order valence-corrected chi connectivity index (χ3v) is 5.08. The SMILES string of the molecule is CCOC(=O)c1cnn(-c2nc(OC)c3c(cnn3C(CC)c3ccc(Cl)cc3)n2)c1. The maximum Gasteiger partial charge on any atom is 0.341 e. The normalized spacial score (nSPS) is 12.1. The lowest BCUT2D eigenvalue weighted by molar-refractivity contribution is 0.0526. The van der Waals surface area contributed by atoms with Gasteiger partial charge in [-0.05, 0) is 31.0 Å². The fourth-order valence-corrected chi connectivity index (χ4v) is 3.51. The second-order valence-electron chi connectivity index (χ2n) is 6.73. The Morgan fingerprint density at radius 1 is 1.13 bits per heavy atom. The molecule has 1 aromatic carbocycles. The van der Waals surface area contributed by atoms with E-state index >= 15 is 0 Å². The Morgan fingerprint density at radius 3 is 2.58 bits per heavy atom. The Bertz CT molecular complexity index is 1220. The molecule has 0 aliphatic heterocycles. The van der Waals surface area contributed by atoms with E-state index in [0.29, 0.717) is 27.5 Å². The number of ether oxygens (including phenoxy) is 2. The second-order valence-corrected chi connectivity index (χ2v) is 7.16. The summed E-state index contributed by atoms with van der Waals surface area (Å²) in [7, 11) is 1.54. The number of halogens is 1. The van der Waals surface area contributed by atoms with E-state index in [-0.39, 0.29) is 18.6 Å². The number of fused-ring (bicyclic) bond motifs is 1. The monoisotopic (exact) mass is 440 g/mol. The fourth-order valence-electron chi connectivity index (χ4n) is 3.39. The van der Waals surface area contributed by atoms with Crippen molar-refractivity contribution in [1.82, 2.24) is 29.5 Å². The number of benzene rings is 1. The third kappa shape index (κ3) is 3.96. The van der Waals surface area contributed by atoms with E-state index in [4.69, 9.17) is 21.1 Å². The van der Waals surface area contributed by atoms with Crippen molar-refractivity contribution in [3.8, 4) is 11.8 Å². The van der Waals surface area contributed by atoms with Gasteiger partial charge in [-0.2, -0.15) is 15.2 Å². The number of esters is 1. The molecule has 0 saturated heterocycles. The lowest BCUT2D eigenvalue weighted by atomic mass is 10.0. The van der Waals surface area contributed by atoms with Crippen LogP contribution in [0.1, 0.15) is 42.2 Å². The number of hydrogen-bond acceptors (Lipinski definition) is 7. The standard InChI is InChI=1S/C21H21ClN6O3/c1-4-17(13-6-8-15(22)9-7-13)28-18-16(11-24-28)25-21(26-19(18)30-3)27-12-14(10-23-27)20(29)31-5-2/h6-12,17H,4-5H2,1-3H3. The molecule has 9 nitrogen and oxygen atoms in total. The predicted molar refractivity (Wildman–Crippen MR) is 115 cm³/mol. The minimum absolute atomic E-state index is 0.0433. The van der Waals surface area contributed by atoms with Crippen LogP contribution in [0.2, 0.25) is 5.02 Å². The molecule has 0 aliphatic carbocycles. The zero-order chi connectivity index (χ0) is 22.0. The van der Waals surface area contributed by atoms with Crippen LogP contribution in [0.15, 0.2) is 42.9 Å². The van der Waals surface area contributed by atoms with Crippen molar-refractivity contribution in [3.05, 3.63) is 59.0 Å². The molecule has 0 fully saturated rings. The molecule has 160 valence electrons. The Morgan fingerprint density at radius 2 is 1.90 bits per heavy atom. The molecule has 31 heavy (non-hydrogen) atoms. The minimum Gasteiger partial charge on any atom is -0.479 e. The van der Waals surface area contributed by atoms with Crippen LogP contribution in [0.5, 0.6) is 5.88 Å². The maximum atomic E-state index is 11.9. The van der Waals surface area contributed by atoms with Gasteiger partial charge in [0.05, 0.1) is 37.7 Å². The Hall–Kier alpha value is -3.46. The highest BCUT2D eigenvalue weighted by Crippen LogP contribution is 2.30. The Labute approximate surface area is 183 Å². The smallest absolute Gasteiger partial charge is 0.341 e. The van der Waals surface area contributed by atoms with E-state index in [2.05, 4.69) is 27.1 Å². The van der Waals surface area contributed by atoms with E-state index in [1.54, 1.807) is 20.2 Å². The first-order valence-electron chi connectivity index (χ1n) is 9.82. The predicted octanol–water partition coefficient (Wildman–Crippen LogP) is 3.85. The molecule has 0 spiro atoms. The number of aromatic nitrogens is 6. The average molecular weight is 441 g/mol. The van der Waals surface area contributed by atoms with Crippen LogP contribution in [-0.2, 0) is 4.74 Å². The van der Waals surface area contributed by atoms with Gasteiger partial charge >= 0.3 is 5.97 Å². The van der Waals surface area contributed by atoms with Crippen LogP contribution in [0, 0.1) is 0 Å². The number of hydrogen-bond donors (Lipinski definition) is 0. The zero-order valence-corrected chi connectivity index (χ0v) is 18.1. The molecule has 4 rings (SSSR count). The fraction of sp³-hybridized carbons (Fsp3) is 0.286. The second kappa shape index (κ2) is 8.73. The first kappa shape index (κ1) is 20.8. The van der Waals surface area contributed by atoms with Crippen molar-refractivity contribution in [1.29, 1.82) is 0 Å². The van der Waals surface area contributed by atoms with Gasteiger partial charge in [-0.15, -0.1) is 0 Å². The highest BCUT2D eigenvalue weighted by molar-refractivity contribution is 6.30. The molecule has 10 heteroatoms. The van der Waals surface area contributed by atoms with Gasteiger partial charge in [0.15, 0.2) is 0 Å². The molecule has 3 heterocycles. The van der Waals surface area contributed by atoms with Crippen molar-refractivity contribution in [2.45, 2.75) is 26.3 Å². The van der Waals surface area contributed by atoms with E-state index in [9.17, 15) is 4.79 Å². The number of methoxy groups -OCH3 is 1. The average Bonchev–Trinajstić information content (AvgIpc) is 3.43. The molecule has 0 bridgehead atoms. The molecule has 0 aliphatic rings. The Kier molecular flexibility index (Phi) is 5.85. The maximum absolute atomic E-state index is 11.9. The summed E-state index contributed by atoms with van der Waals surface area (Å²) in [6.45, 7) is 4.11. The van der Waals surface area contributed by atoms with Gasteiger partial charge in [-0.1, -0.05) is 30.7 Å². The van der Waals surface area contributed by atoms with E-state index < -0.39 is 5.97 Å². The summed E-state index contributed by atoms with van der Waals surface area (Å²) >= 11 is 6.04. The van der Waals surface area contributed by atoms with E-state index in [0.717, 1.165) is 12.0 Å². The highest BCUT2D eigenvalue weighted by Gasteiger charge is 2.22. The molecular formula is C21H21ClN6O3. The van der Waals surface area contributed by atoms with Crippen LogP contribution in [0.4, 0.5) is 0 Å². The van der Waals surface area contributed by atoms with Gasteiger partial charge in [-0.3, -0.25) is 4.68 Å². The van der Waals surface area contributed by atoms with E-state index in [1.807, 2.05) is 28.9 Å². The topological polar surface area (TPSA) is 97.0 Å². The molecule has 0 saturated carbocycles. The Balaban J connectivity index is 1.77. The van der Waals surface area contributed by atoms with Gasteiger partial charge in [-0.25, -0.2) is 14.5 Å². The summed E-state index contributed by atoms with van der Waals surface area (Å²) in [6.07, 6.45) is 5.39. The molecule has 0 radical (unpaired) electrons. The lowest BCUT2D eigenvalue weighted by Gasteiger charge is -2.18. The number of rotatable bonds is 7. The van der Waals surface area contributed by atoms with Crippen LogP contribution in [0.25, 0.3) is 17.0 Å². The summed E-state index contributed by atoms with van der Waals surface area (Å²) in [5, 5.41) is 9.42. The summed E-state index contributed by atoms with van der Waals surface area (Å²) in [5.74, 6) is 0.167. The molecule has 3 aromatic heterocycles. The zero-order valence-electron chi connectivity index (χ0n) is 17.3. The van der Waals surface area contributed by atoms with Gasteiger partial charge in [0.25, 0.3) is 5.95 Å². The van der Waals surface area contributed by atoms with E-state index in [1.165, 1.54) is 17.1 Å². The largest absolute Gasteiger partial charge is 0.479 e. The summed E-state index contributed by atoms with van der Waals surface area (Å²) in [5.41, 5.74) is 2.65. The molecule has 4 aromatic rings. The number of carbonyl (C=O) groups is 1. The van der Waals surface area contributed by atoms with Crippen molar-refractivity contribution in [2.75, 3.05) is 13.7 Å². The van der Waals surface area contributed by atoms with Crippen molar-refractivity contribution >= 4 is 28.6 Å². The summed E-state index contributed by atoms with van der Waals surface area (Å²) in [6, 6.07) is 7.63. The van der Waals surface area contributed by atoms with Gasteiger partial charge < -0.3 is 9.47 Å². The number of carbonyl (C=O) groups excluding carboxylic acids is 1. The first-order chi connectivity index (χ1) is 15.0. The van der Waals surface area contributed by atoms with Crippen molar-refractivity contribution < 1.29 is 14.3 Å². The summed E-state index contributed by atoms with van der Waals surface area (Å²) in [4.78, 5) is 21.0. The third-order valence-electron chi connectivity index (χ3n) is 4.83. The van der Waals surface area contributed by atoms with Gasteiger partial charge in [0.1, 0.15) is 11.0 Å². The molecule has 1 atom stereocenters. The lowest BCUT2D eigenvalue weighted by Crippen LogP contribution is -2.13. The van der Waals surface area contributed by atoms with Crippen LogP contribution >= 0.6 is 11.6 Å².